The standard InChI is InChI=1S/C13H22N.3HI.H3N/c1-4-14(5-2,6-3)12-13-10-8-7-9-11-13;;;;/h7-11H,4-6,12H2,1-3H3;3*1H;1H3/q+1;;;;. The second kappa shape index (κ2) is 14.7. The number of halogens is 3. The van der Waals surface area contributed by atoms with Crippen LogP contribution in [0.15, 0.2) is 30.3 Å². The zero-order chi connectivity index (χ0) is 10.4. The van der Waals surface area contributed by atoms with E-state index in [0.29, 0.717) is 0 Å². The lowest BCUT2D eigenvalue weighted by atomic mass is 10.2. The Balaban J connectivity index is -0.000000245. The summed E-state index contributed by atoms with van der Waals surface area (Å²) in [6.07, 6.45) is 0. The van der Waals surface area contributed by atoms with E-state index in [9.17, 15) is 0 Å². The first-order valence-corrected chi connectivity index (χ1v) is 5.65. The number of nitrogens with zero attached hydrogens (tertiary/aromatic N) is 1. The summed E-state index contributed by atoms with van der Waals surface area (Å²) < 4.78 is 1.20. The maximum Gasteiger partial charge on any atom is 0.104 e. The van der Waals surface area contributed by atoms with E-state index in [1.165, 1.54) is 36.2 Å². The molecular formula is C13H28I3N2+. The lowest BCUT2D eigenvalue weighted by Crippen LogP contribution is -2.46. The van der Waals surface area contributed by atoms with Gasteiger partial charge in [-0.1, -0.05) is 30.3 Å². The molecule has 2 nitrogen and oxygen atoms in total. The summed E-state index contributed by atoms with van der Waals surface area (Å²) >= 11 is 0. The molecule has 0 spiro atoms. The van der Waals surface area contributed by atoms with Crippen LogP contribution in [0, 0.1) is 0 Å². The van der Waals surface area contributed by atoms with E-state index in [1.54, 1.807) is 0 Å². The molecule has 0 saturated carbocycles. The van der Waals surface area contributed by atoms with Gasteiger partial charge in [0.1, 0.15) is 6.54 Å². The summed E-state index contributed by atoms with van der Waals surface area (Å²) in [7, 11) is 0. The van der Waals surface area contributed by atoms with Crippen LogP contribution in [0.5, 0.6) is 0 Å². The first kappa shape index (κ1) is 27.6. The molecule has 0 heterocycles. The number of rotatable bonds is 5. The molecule has 18 heavy (non-hydrogen) atoms. The zero-order valence-electron chi connectivity index (χ0n) is 11.6. The maximum absolute atomic E-state index is 2.29. The molecule has 0 radical (unpaired) electrons. The van der Waals surface area contributed by atoms with Gasteiger partial charge in [-0.3, -0.25) is 0 Å². The average molecular weight is 593 g/mol. The number of hydrogen-bond donors (Lipinski definition) is 1. The van der Waals surface area contributed by atoms with Crippen molar-refractivity contribution < 1.29 is 4.48 Å². The third kappa shape index (κ3) is 8.49. The Bertz CT molecular complexity index is 256. The number of benzene rings is 1. The molecule has 3 N–H and O–H groups in total. The van der Waals surface area contributed by atoms with Crippen molar-refractivity contribution in [3.05, 3.63) is 35.9 Å². The molecule has 0 unspecified atom stereocenters. The first-order valence-electron chi connectivity index (χ1n) is 5.65. The molecule has 110 valence electrons. The van der Waals surface area contributed by atoms with E-state index in [0.717, 1.165) is 0 Å². The van der Waals surface area contributed by atoms with Crippen LogP contribution < -0.4 is 6.15 Å². The predicted molar refractivity (Wildman–Crippen MR) is 113 cm³/mol. The van der Waals surface area contributed by atoms with Crippen molar-refractivity contribution in [2.75, 3.05) is 19.6 Å². The summed E-state index contributed by atoms with van der Waals surface area (Å²) in [5.41, 5.74) is 1.46. The van der Waals surface area contributed by atoms with Gasteiger partial charge in [-0.15, -0.1) is 71.9 Å². The predicted octanol–water partition coefficient (Wildman–Crippen LogP) is 5.08. The molecule has 0 amide bonds. The van der Waals surface area contributed by atoms with E-state index in [1.807, 2.05) is 0 Å². The van der Waals surface area contributed by atoms with Gasteiger partial charge in [0, 0.05) is 5.56 Å². The SMILES string of the molecule is CC[N+](CC)(CC)Cc1ccccc1.I.I.I.N. The Morgan fingerprint density at radius 1 is 0.778 bits per heavy atom. The fourth-order valence-electron chi connectivity index (χ4n) is 1.98. The first-order chi connectivity index (χ1) is 6.76. The normalized spacial score (nSPS) is 9.06. The van der Waals surface area contributed by atoms with Crippen molar-refractivity contribution in [1.29, 1.82) is 0 Å². The highest BCUT2D eigenvalue weighted by atomic mass is 127. The molecule has 1 rings (SSSR count). The smallest absolute Gasteiger partial charge is 0.104 e. The van der Waals surface area contributed by atoms with Crippen LogP contribution in [-0.4, -0.2) is 24.1 Å². The second-order valence-corrected chi connectivity index (χ2v) is 3.93. The third-order valence-corrected chi connectivity index (χ3v) is 3.37. The van der Waals surface area contributed by atoms with E-state index in [4.69, 9.17) is 0 Å². The van der Waals surface area contributed by atoms with Crippen LogP contribution in [0.4, 0.5) is 0 Å². The topological polar surface area (TPSA) is 35.0 Å². The summed E-state index contributed by atoms with van der Waals surface area (Å²) in [5, 5.41) is 0. The minimum atomic E-state index is 0. The van der Waals surface area contributed by atoms with Gasteiger partial charge in [0.05, 0.1) is 19.6 Å². The molecule has 0 aliphatic heterocycles. The fraction of sp³-hybridized carbons (Fsp3) is 0.538. The lowest BCUT2D eigenvalue weighted by molar-refractivity contribution is -0.936. The molecule has 5 heteroatoms. The second-order valence-electron chi connectivity index (χ2n) is 3.93. The van der Waals surface area contributed by atoms with Gasteiger partial charge in [-0.2, -0.15) is 0 Å². The third-order valence-electron chi connectivity index (χ3n) is 3.37. The highest BCUT2D eigenvalue weighted by Crippen LogP contribution is 2.13. The molecule has 0 atom stereocenters. The molecule has 1 aromatic rings. The molecule has 0 saturated heterocycles. The summed E-state index contributed by atoms with van der Waals surface area (Å²) in [6.45, 7) is 11.7. The fourth-order valence-corrected chi connectivity index (χ4v) is 1.98. The van der Waals surface area contributed by atoms with Crippen molar-refractivity contribution in [1.82, 2.24) is 6.15 Å². The molecule has 0 aliphatic carbocycles. The van der Waals surface area contributed by atoms with Gasteiger partial charge in [-0.05, 0) is 20.8 Å². The van der Waals surface area contributed by atoms with Crippen LogP contribution in [0.1, 0.15) is 26.3 Å². The van der Waals surface area contributed by atoms with E-state index < -0.39 is 0 Å². The number of hydrogen-bond acceptors (Lipinski definition) is 1. The summed E-state index contributed by atoms with van der Waals surface area (Å²) in [5.74, 6) is 0. The zero-order valence-corrected chi connectivity index (χ0v) is 18.6. The van der Waals surface area contributed by atoms with Crippen molar-refractivity contribution in [2.45, 2.75) is 27.3 Å². The minimum absolute atomic E-state index is 0. The average Bonchev–Trinajstić information content (AvgIpc) is 2.28. The van der Waals surface area contributed by atoms with Gasteiger partial charge in [0.2, 0.25) is 0 Å². The van der Waals surface area contributed by atoms with Crippen LogP contribution in [0.2, 0.25) is 0 Å². The molecular weight excluding hydrogens is 565 g/mol. The Morgan fingerprint density at radius 2 is 1.17 bits per heavy atom. The largest absolute Gasteiger partial charge is 0.344 e. The van der Waals surface area contributed by atoms with Crippen molar-refractivity contribution >= 4 is 71.9 Å². The Morgan fingerprint density at radius 3 is 1.50 bits per heavy atom. The maximum atomic E-state index is 2.29. The molecule has 0 bridgehead atoms. The van der Waals surface area contributed by atoms with Crippen LogP contribution in [-0.2, 0) is 6.54 Å². The van der Waals surface area contributed by atoms with E-state index >= 15 is 0 Å². The summed E-state index contributed by atoms with van der Waals surface area (Å²) in [6, 6.07) is 10.8. The van der Waals surface area contributed by atoms with Crippen molar-refractivity contribution in [2.24, 2.45) is 0 Å². The Labute approximate surface area is 164 Å². The monoisotopic (exact) mass is 593 g/mol. The van der Waals surface area contributed by atoms with Gasteiger partial charge in [-0.25, -0.2) is 0 Å². The Hall–Kier alpha value is 1.33. The van der Waals surface area contributed by atoms with Crippen LogP contribution >= 0.6 is 71.9 Å². The van der Waals surface area contributed by atoms with Gasteiger partial charge < -0.3 is 10.6 Å². The molecule has 0 aliphatic rings. The Kier molecular flexibility index (Phi) is 22.6. The number of quaternary nitrogens is 1. The molecule has 0 fully saturated rings. The molecule has 0 aromatic heterocycles. The minimum Gasteiger partial charge on any atom is -0.344 e. The van der Waals surface area contributed by atoms with E-state index in [-0.39, 0.29) is 78.1 Å². The van der Waals surface area contributed by atoms with Crippen LogP contribution in [0.25, 0.3) is 0 Å². The molecule has 1 aromatic carbocycles. The highest BCUT2D eigenvalue weighted by Gasteiger charge is 2.20. The van der Waals surface area contributed by atoms with E-state index in [2.05, 4.69) is 51.1 Å². The van der Waals surface area contributed by atoms with Gasteiger partial charge in [0.15, 0.2) is 0 Å². The highest BCUT2D eigenvalue weighted by molar-refractivity contribution is 14.0. The summed E-state index contributed by atoms with van der Waals surface area (Å²) in [4.78, 5) is 0. The quantitative estimate of drug-likeness (QED) is 0.376. The van der Waals surface area contributed by atoms with Gasteiger partial charge in [0.25, 0.3) is 0 Å². The van der Waals surface area contributed by atoms with Crippen molar-refractivity contribution in [3.8, 4) is 0 Å². The van der Waals surface area contributed by atoms with Crippen LogP contribution in [0.3, 0.4) is 0 Å². The van der Waals surface area contributed by atoms with Crippen molar-refractivity contribution in [3.63, 3.8) is 0 Å². The lowest BCUT2D eigenvalue weighted by Gasteiger charge is -2.35. The van der Waals surface area contributed by atoms with Gasteiger partial charge >= 0.3 is 0 Å².